The third kappa shape index (κ3) is 5.48. The Morgan fingerprint density at radius 3 is 2.25 bits per heavy atom. The second-order valence-corrected chi connectivity index (χ2v) is 9.03. The molecule has 1 heterocycles. The minimum atomic E-state index is -3.99. The average Bonchev–Trinajstić information content (AvgIpc) is 2.80. The maximum absolute atomic E-state index is 12.7. The molecule has 1 atom stereocenters. The molecule has 3 N–H and O–H groups in total. The van der Waals surface area contributed by atoms with E-state index in [9.17, 15) is 18.0 Å². The topological polar surface area (TPSA) is 132 Å². The fourth-order valence-corrected chi connectivity index (χ4v) is 4.28. The number of hydrogen-bond acceptors (Lipinski definition) is 7. The Hall–Kier alpha value is -3.31. The molecule has 0 aliphatic carbocycles. The van der Waals surface area contributed by atoms with Gasteiger partial charge in [0, 0.05) is 5.56 Å². The molecule has 0 aromatic heterocycles. The number of nitrogens with one attached hydrogen (secondary N) is 3. The Balaban J connectivity index is 1.65. The summed E-state index contributed by atoms with van der Waals surface area (Å²) in [7, 11) is -2.51. The largest absolute Gasteiger partial charge is 0.497 e. The van der Waals surface area contributed by atoms with Crippen molar-refractivity contribution in [1.29, 1.82) is 0 Å². The van der Waals surface area contributed by atoms with Gasteiger partial charge in [0.1, 0.15) is 25.0 Å². The molecule has 2 aromatic carbocycles. The number of methoxy groups -OCH3 is 1. The summed E-state index contributed by atoms with van der Waals surface area (Å²) in [6.45, 7) is 4.17. The highest BCUT2D eigenvalue weighted by atomic mass is 32.2. The molecule has 0 fully saturated rings. The quantitative estimate of drug-likeness (QED) is 0.526. The van der Waals surface area contributed by atoms with Gasteiger partial charge >= 0.3 is 0 Å². The van der Waals surface area contributed by atoms with Crippen LogP contribution < -0.4 is 29.8 Å². The van der Waals surface area contributed by atoms with E-state index in [-0.39, 0.29) is 10.5 Å². The predicted octanol–water partition coefficient (Wildman–Crippen LogP) is 1.23. The number of sulfonamides is 1. The zero-order chi connectivity index (χ0) is 23.3. The second kappa shape index (κ2) is 9.88. The van der Waals surface area contributed by atoms with E-state index >= 15 is 0 Å². The van der Waals surface area contributed by atoms with Crippen LogP contribution in [0.4, 0.5) is 0 Å². The lowest BCUT2D eigenvalue weighted by Crippen LogP contribution is -2.54. The maximum Gasteiger partial charge on any atom is 0.269 e. The van der Waals surface area contributed by atoms with Gasteiger partial charge in [-0.1, -0.05) is 13.8 Å². The summed E-state index contributed by atoms with van der Waals surface area (Å²) in [6.07, 6.45) is 0. The van der Waals surface area contributed by atoms with Crippen molar-refractivity contribution in [3.63, 3.8) is 0 Å². The number of rotatable bonds is 7. The standard InChI is InChI=1S/C21H25N3O7S/c1-13(2)19(24-32(27,28)16-7-5-15(29-3)6-8-16)21(26)23-22-20(25)14-4-9-17-18(12-14)31-11-10-30-17/h4-9,12-13,19,24H,10-11H2,1-3H3,(H,22,25)(H,23,26)/t19-/m0/s1. The minimum Gasteiger partial charge on any atom is -0.497 e. The van der Waals surface area contributed by atoms with Gasteiger partial charge in [0.2, 0.25) is 10.0 Å². The Labute approximate surface area is 186 Å². The zero-order valence-electron chi connectivity index (χ0n) is 17.9. The minimum absolute atomic E-state index is 0.0166. The third-order valence-corrected chi connectivity index (χ3v) is 6.16. The number of carbonyl (C=O) groups excluding carboxylic acids is 2. The number of carbonyl (C=O) groups is 2. The van der Waals surface area contributed by atoms with E-state index in [1.807, 2.05) is 0 Å². The normalized spacial score (nSPS) is 13.9. The van der Waals surface area contributed by atoms with Crippen molar-refractivity contribution >= 4 is 21.8 Å². The van der Waals surface area contributed by atoms with Gasteiger partial charge in [-0.2, -0.15) is 4.72 Å². The SMILES string of the molecule is COc1ccc(S(=O)(=O)N[C@H](C(=O)NNC(=O)c2ccc3c(c2)OCCO3)C(C)C)cc1. The van der Waals surface area contributed by atoms with E-state index in [1.54, 1.807) is 19.9 Å². The van der Waals surface area contributed by atoms with Crippen molar-refractivity contribution in [2.24, 2.45) is 5.92 Å². The molecule has 1 aliphatic heterocycles. The van der Waals surface area contributed by atoms with Crippen molar-refractivity contribution in [1.82, 2.24) is 15.6 Å². The molecule has 0 spiro atoms. The highest BCUT2D eigenvalue weighted by Crippen LogP contribution is 2.30. The number of hydrazine groups is 1. The first-order chi connectivity index (χ1) is 15.2. The van der Waals surface area contributed by atoms with Crippen LogP contribution >= 0.6 is 0 Å². The molecular weight excluding hydrogens is 438 g/mol. The molecule has 1 aliphatic rings. The lowest BCUT2D eigenvalue weighted by molar-refractivity contribution is -0.124. The molecule has 2 amide bonds. The molecule has 0 unspecified atom stereocenters. The van der Waals surface area contributed by atoms with Gasteiger partial charge in [0.15, 0.2) is 11.5 Å². The van der Waals surface area contributed by atoms with Crippen molar-refractivity contribution in [3.05, 3.63) is 48.0 Å². The first-order valence-electron chi connectivity index (χ1n) is 9.87. The monoisotopic (exact) mass is 463 g/mol. The average molecular weight is 464 g/mol. The Kier molecular flexibility index (Phi) is 7.21. The second-order valence-electron chi connectivity index (χ2n) is 7.32. The van der Waals surface area contributed by atoms with E-state index in [0.717, 1.165) is 0 Å². The van der Waals surface area contributed by atoms with Crippen LogP contribution in [-0.4, -0.2) is 46.6 Å². The van der Waals surface area contributed by atoms with Gasteiger partial charge in [-0.15, -0.1) is 0 Å². The van der Waals surface area contributed by atoms with E-state index in [2.05, 4.69) is 15.6 Å². The van der Waals surface area contributed by atoms with Crippen molar-refractivity contribution in [3.8, 4) is 17.2 Å². The van der Waals surface area contributed by atoms with Crippen LogP contribution in [0.1, 0.15) is 24.2 Å². The Morgan fingerprint density at radius 2 is 1.62 bits per heavy atom. The molecule has 3 rings (SSSR count). The summed E-state index contributed by atoms with van der Waals surface area (Å²) in [4.78, 5) is 25.1. The van der Waals surface area contributed by atoms with Gasteiger partial charge in [0.25, 0.3) is 11.8 Å². The number of amides is 2. The molecule has 0 saturated carbocycles. The van der Waals surface area contributed by atoms with E-state index < -0.39 is 33.8 Å². The summed E-state index contributed by atoms with van der Waals surface area (Å²) >= 11 is 0. The molecule has 0 bridgehead atoms. The highest BCUT2D eigenvalue weighted by Gasteiger charge is 2.29. The van der Waals surface area contributed by atoms with Gasteiger partial charge in [-0.3, -0.25) is 20.4 Å². The predicted molar refractivity (Wildman–Crippen MR) is 115 cm³/mol. The van der Waals surface area contributed by atoms with Crippen LogP contribution in [0.15, 0.2) is 47.4 Å². The van der Waals surface area contributed by atoms with Crippen molar-refractivity contribution in [2.75, 3.05) is 20.3 Å². The summed E-state index contributed by atoms with van der Waals surface area (Å²) < 4.78 is 43.7. The van der Waals surface area contributed by atoms with Crippen LogP contribution in [0, 0.1) is 5.92 Å². The fourth-order valence-electron chi connectivity index (χ4n) is 2.94. The van der Waals surface area contributed by atoms with Gasteiger partial charge in [0.05, 0.1) is 12.0 Å². The molecule has 172 valence electrons. The Bertz CT molecular complexity index is 1090. The van der Waals surface area contributed by atoms with Gasteiger partial charge in [-0.25, -0.2) is 8.42 Å². The molecule has 2 aromatic rings. The van der Waals surface area contributed by atoms with Crippen LogP contribution in [0.25, 0.3) is 0 Å². The number of hydrogen-bond donors (Lipinski definition) is 3. The zero-order valence-corrected chi connectivity index (χ0v) is 18.7. The lowest BCUT2D eigenvalue weighted by Gasteiger charge is -2.22. The first-order valence-corrected chi connectivity index (χ1v) is 11.4. The first kappa shape index (κ1) is 23.4. The van der Waals surface area contributed by atoms with Crippen molar-refractivity contribution < 1.29 is 32.2 Å². The highest BCUT2D eigenvalue weighted by molar-refractivity contribution is 7.89. The summed E-state index contributed by atoms with van der Waals surface area (Å²) in [5.41, 5.74) is 4.82. The number of ether oxygens (including phenoxy) is 3. The summed E-state index contributed by atoms with van der Waals surface area (Å²) in [5, 5.41) is 0. The van der Waals surface area contributed by atoms with E-state index in [4.69, 9.17) is 14.2 Å². The maximum atomic E-state index is 12.7. The van der Waals surface area contributed by atoms with Crippen LogP contribution in [0.2, 0.25) is 0 Å². The Morgan fingerprint density at radius 1 is 0.969 bits per heavy atom. The summed E-state index contributed by atoms with van der Waals surface area (Å²) in [5.74, 6) is -0.218. The molecule has 11 heteroatoms. The number of fused-ring (bicyclic) bond motifs is 1. The van der Waals surface area contributed by atoms with Crippen LogP contribution in [0.5, 0.6) is 17.2 Å². The van der Waals surface area contributed by atoms with Crippen LogP contribution in [-0.2, 0) is 14.8 Å². The third-order valence-electron chi connectivity index (χ3n) is 4.70. The molecular formula is C21H25N3O7S. The van der Waals surface area contributed by atoms with E-state index in [0.29, 0.717) is 30.5 Å². The molecule has 10 nitrogen and oxygen atoms in total. The molecule has 0 radical (unpaired) electrons. The summed E-state index contributed by atoms with van der Waals surface area (Å²) in [6, 6.07) is 9.27. The molecule has 0 saturated heterocycles. The fraction of sp³-hybridized carbons (Fsp3) is 0.333. The van der Waals surface area contributed by atoms with Gasteiger partial charge in [-0.05, 0) is 48.4 Å². The molecule has 32 heavy (non-hydrogen) atoms. The van der Waals surface area contributed by atoms with Crippen molar-refractivity contribution in [2.45, 2.75) is 24.8 Å². The number of benzene rings is 2. The van der Waals surface area contributed by atoms with Gasteiger partial charge < -0.3 is 14.2 Å². The van der Waals surface area contributed by atoms with E-state index in [1.165, 1.54) is 43.5 Å². The van der Waals surface area contributed by atoms with Crippen LogP contribution in [0.3, 0.4) is 0 Å². The smallest absolute Gasteiger partial charge is 0.269 e. The lowest BCUT2D eigenvalue weighted by atomic mass is 10.1.